The molecule has 0 spiro atoms. The van der Waals surface area contributed by atoms with Crippen LogP contribution in [0, 0.1) is 6.92 Å². The Bertz CT molecular complexity index is 861. The van der Waals surface area contributed by atoms with E-state index in [0.717, 1.165) is 22.3 Å². The van der Waals surface area contributed by atoms with Crippen LogP contribution in [0.25, 0.3) is 21.6 Å². The second kappa shape index (κ2) is 7.10. The van der Waals surface area contributed by atoms with Gasteiger partial charge in [-0.15, -0.1) is 11.3 Å². The van der Waals surface area contributed by atoms with E-state index in [1.807, 2.05) is 0 Å². The lowest BCUT2D eigenvalue weighted by Crippen LogP contribution is -2.23. The summed E-state index contributed by atoms with van der Waals surface area (Å²) < 4.78 is 0. The van der Waals surface area contributed by atoms with Crippen LogP contribution in [0.5, 0.6) is 0 Å². The molecule has 25 heavy (non-hydrogen) atoms. The van der Waals surface area contributed by atoms with Gasteiger partial charge in [0.1, 0.15) is 10.6 Å². The third-order valence-corrected chi connectivity index (χ3v) is 5.87. The highest BCUT2D eigenvalue weighted by Crippen LogP contribution is 2.31. The number of nitrogens with zero attached hydrogens (tertiary/aromatic N) is 3. The molecule has 2 N–H and O–H groups in total. The first-order valence-electron chi connectivity index (χ1n) is 9.04. The molecule has 0 amide bonds. The third-order valence-electron chi connectivity index (χ3n) is 4.86. The molecule has 4 rings (SSSR count). The van der Waals surface area contributed by atoms with E-state index in [1.165, 1.54) is 49.2 Å². The van der Waals surface area contributed by atoms with Crippen molar-refractivity contribution in [3.63, 3.8) is 0 Å². The maximum Gasteiger partial charge on any atom is 0.163 e. The molecule has 1 aromatic carbocycles. The van der Waals surface area contributed by atoms with Crippen LogP contribution in [0.1, 0.15) is 36.1 Å². The van der Waals surface area contributed by atoms with Crippen molar-refractivity contribution in [1.29, 1.82) is 0 Å². The lowest BCUT2D eigenvalue weighted by Gasteiger charge is -2.18. The SMILES string of the molecule is Cc1ccc(-c2nc(N)c3cc(CN4CCCCCC4)sc3n2)cc1. The number of aromatic nitrogens is 2. The number of hydrogen-bond donors (Lipinski definition) is 1. The molecule has 4 nitrogen and oxygen atoms in total. The fourth-order valence-electron chi connectivity index (χ4n) is 3.42. The Morgan fingerprint density at radius 1 is 1.04 bits per heavy atom. The van der Waals surface area contributed by atoms with Crippen LogP contribution >= 0.6 is 11.3 Å². The van der Waals surface area contributed by atoms with Gasteiger partial charge in [0.2, 0.25) is 0 Å². The van der Waals surface area contributed by atoms with E-state index in [9.17, 15) is 0 Å². The highest BCUT2D eigenvalue weighted by Gasteiger charge is 2.14. The van der Waals surface area contributed by atoms with E-state index < -0.39 is 0 Å². The number of nitrogens with two attached hydrogens (primary N) is 1. The zero-order valence-electron chi connectivity index (χ0n) is 14.7. The quantitative estimate of drug-likeness (QED) is 0.747. The first kappa shape index (κ1) is 16.5. The smallest absolute Gasteiger partial charge is 0.163 e. The van der Waals surface area contributed by atoms with E-state index in [4.69, 9.17) is 10.7 Å². The molecule has 3 aromatic rings. The van der Waals surface area contributed by atoms with Crippen LogP contribution in [0.15, 0.2) is 30.3 Å². The molecule has 3 heterocycles. The first-order chi connectivity index (χ1) is 12.2. The molecule has 0 bridgehead atoms. The minimum Gasteiger partial charge on any atom is -0.383 e. The zero-order valence-corrected chi connectivity index (χ0v) is 15.5. The second-order valence-corrected chi connectivity index (χ2v) is 8.04. The second-order valence-electron chi connectivity index (χ2n) is 6.92. The fourth-order valence-corrected chi connectivity index (χ4v) is 4.50. The van der Waals surface area contributed by atoms with Gasteiger partial charge in [0, 0.05) is 17.0 Å². The largest absolute Gasteiger partial charge is 0.383 e. The van der Waals surface area contributed by atoms with E-state index >= 15 is 0 Å². The zero-order chi connectivity index (χ0) is 17.2. The minimum atomic E-state index is 0.582. The average molecular weight is 353 g/mol. The van der Waals surface area contributed by atoms with Crippen LogP contribution in [-0.4, -0.2) is 28.0 Å². The maximum absolute atomic E-state index is 6.24. The average Bonchev–Trinajstić information content (AvgIpc) is 2.83. The molecule has 0 radical (unpaired) electrons. The minimum absolute atomic E-state index is 0.582. The number of nitrogen functional groups attached to an aromatic ring is 1. The highest BCUT2D eigenvalue weighted by atomic mass is 32.1. The van der Waals surface area contributed by atoms with Crippen LogP contribution < -0.4 is 5.73 Å². The molecule has 1 aliphatic rings. The molecule has 1 fully saturated rings. The van der Waals surface area contributed by atoms with E-state index in [-0.39, 0.29) is 0 Å². The Balaban J connectivity index is 1.63. The number of rotatable bonds is 3. The number of thiophene rings is 1. The third kappa shape index (κ3) is 3.67. The number of likely N-dealkylation sites (tertiary alicyclic amines) is 1. The monoisotopic (exact) mass is 352 g/mol. The number of anilines is 1. The van der Waals surface area contributed by atoms with Crippen molar-refractivity contribution in [2.75, 3.05) is 18.8 Å². The van der Waals surface area contributed by atoms with Crippen LogP contribution in [0.2, 0.25) is 0 Å². The summed E-state index contributed by atoms with van der Waals surface area (Å²) in [6.07, 6.45) is 5.34. The molecule has 1 saturated heterocycles. The van der Waals surface area contributed by atoms with Crippen molar-refractivity contribution in [3.8, 4) is 11.4 Å². The number of fused-ring (bicyclic) bond motifs is 1. The molecule has 0 unspecified atom stereocenters. The lowest BCUT2D eigenvalue weighted by molar-refractivity contribution is 0.279. The summed E-state index contributed by atoms with van der Waals surface area (Å²) in [5, 5.41) is 0.991. The van der Waals surface area contributed by atoms with Gasteiger partial charge in [-0.2, -0.15) is 0 Å². The van der Waals surface area contributed by atoms with Gasteiger partial charge in [-0.25, -0.2) is 9.97 Å². The van der Waals surface area contributed by atoms with E-state index in [1.54, 1.807) is 11.3 Å². The molecule has 2 aromatic heterocycles. The Labute approximate surface area is 152 Å². The molecule has 5 heteroatoms. The highest BCUT2D eigenvalue weighted by molar-refractivity contribution is 7.18. The summed E-state index contributed by atoms with van der Waals surface area (Å²) in [6, 6.07) is 10.5. The van der Waals surface area contributed by atoms with Gasteiger partial charge in [-0.3, -0.25) is 4.90 Å². The van der Waals surface area contributed by atoms with Gasteiger partial charge in [0.15, 0.2) is 5.82 Å². The number of benzene rings is 1. The summed E-state index contributed by atoms with van der Waals surface area (Å²) in [5.74, 6) is 1.30. The molecular weight excluding hydrogens is 328 g/mol. The van der Waals surface area contributed by atoms with Crippen molar-refractivity contribution in [3.05, 3.63) is 40.8 Å². The Hall–Kier alpha value is -1.98. The van der Waals surface area contributed by atoms with Gasteiger partial charge in [-0.1, -0.05) is 42.7 Å². The molecular formula is C20H24N4S. The first-order valence-corrected chi connectivity index (χ1v) is 9.86. The van der Waals surface area contributed by atoms with Crippen LogP contribution in [-0.2, 0) is 6.54 Å². The Kier molecular flexibility index (Phi) is 4.68. The van der Waals surface area contributed by atoms with Crippen LogP contribution in [0.4, 0.5) is 5.82 Å². The predicted molar refractivity (Wildman–Crippen MR) is 106 cm³/mol. The van der Waals surface area contributed by atoms with Crippen molar-refractivity contribution >= 4 is 27.4 Å². The summed E-state index contributed by atoms with van der Waals surface area (Å²) in [7, 11) is 0. The number of aryl methyl sites for hydroxylation is 1. The Morgan fingerprint density at radius 2 is 1.76 bits per heavy atom. The molecule has 1 aliphatic heterocycles. The fraction of sp³-hybridized carbons (Fsp3) is 0.400. The summed E-state index contributed by atoms with van der Waals surface area (Å²) in [4.78, 5) is 14.2. The summed E-state index contributed by atoms with van der Waals surface area (Å²) >= 11 is 1.75. The van der Waals surface area contributed by atoms with Crippen LogP contribution in [0.3, 0.4) is 0 Å². The molecule has 0 aliphatic carbocycles. The van der Waals surface area contributed by atoms with Crippen molar-refractivity contribution in [1.82, 2.24) is 14.9 Å². The van der Waals surface area contributed by atoms with E-state index in [0.29, 0.717) is 11.6 Å². The van der Waals surface area contributed by atoms with Crippen molar-refractivity contribution in [2.45, 2.75) is 39.2 Å². The Morgan fingerprint density at radius 3 is 2.48 bits per heavy atom. The van der Waals surface area contributed by atoms with E-state index in [2.05, 4.69) is 47.1 Å². The predicted octanol–water partition coefficient (Wildman–Crippen LogP) is 4.62. The topological polar surface area (TPSA) is 55.0 Å². The molecule has 0 atom stereocenters. The standard InChI is InChI=1S/C20H24N4S/c1-14-6-8-15(9-7-14)19-22-18(21)17-12-16(25-20(17)23-19)13-24-10-4-2-3-5-11-24/h6-9,12H,2-5,10-11,13H2,1H3,(H2,21,22,23). The van der Waals surface area contributed by atoms with Crippen molar-refractivity contribution in [2.24, 2.45) is 0 Å². The molecule has 0 saturated carbocycles. The number of hydrogen-bond acceptors (Lipinski definition) is 5. The summed E-state index contributed by atoms with van der Waals surface area (Å²) in [6.45, 7) is 5.48. The van der Waals surface area contributed by atoms with Gasteiger partial charge in [-0.05, 0) is 38.9 Å². The molecule has 130 valence electrons. The maximum atomic E-state index is 6.24. The van der Waals surface area contributed by atoms with Crippen molar-refractivity contribution < 1.29 is 0 Å². The van der Waals surface area contributed by atoms with Gasteiger partial charge in [0.05, 0.1) is 5.39 Å². The van der Waals surface area contributed by atoms with Gasteiger partial charge >= 0.3 is 0 Å². The summed E-state index contributed by atoms with van der Waals surface area (Å²) in [5.41, 5.74) is 8.48. The van der Waals surface area contributed by atoms with Gasteiger partial charge in [0.25, 0.3) is 0 Å². The normalized spacial score (nSPS) is 16.2. The lowest BCUT2D eigenvalue weighted by atomic mass is 10.1. The van der Waals surface area contributed by atoms with Gasteiger partial charge < -0.3 is 5.73 Å².